The standard InChI is InChI=1S/C17H20N8/c18-10-13(17-20-22-23-21-17)11-19-14-3-5-15(6-4-14)25-9-8-24-7-1-2-16(24)12-25/h3-6,11,16,19H,1-2,7-9,12H2,(H,20,21,22,23). The van der Waals surface area contributed by atoms with E-state index in [1.165, 1.54) is 25.1 Å². The number of piperazine rings is 1. The molecule has 2 aliphatic heterocycles. The molecule has 128 valence electrons. The maximum Gasteiger partial charge on any atom is 0.216 e. The first-order valence-corrected chi connectivity index (χ1v) is 8.53. The number of aromatic amines is 1. The molecule has 2 aliphatic rings. The van der Waals surface area contributed by atoms with E-state index in [0.717, 1.165) is 25.3 Å². The van der Waals surface area contributed by atoms with E-state index in [1.54, 1.807) is 6.20 Å². The molecule has 8 heteroatoms. The Balaban J connectivity index is 1.41. The quantitative estimate of drug-likeness (QED) is 0.816. The molecule has 2 saturated heterocycles. The van der Waals surface area contributed by atoms with Crippen molar-refractivity contribution in [1.29, 1.82) is 5.26 Å². The monoisotopic (exact) mass is 336 g/mol. The van der Waals surface area contributed by atoms with Crippen molar-refractivity contribution >= 4 is 16.9 Å². The average Bonchev–Trinajstić information content (AvgIpc) is 3.34. The van der Waals surface area contributed by atoms with Crippen LogP contribution in [0.3, 0.4) is 0 Å². The van der Waals surface area contributed by atoms with Gasteiger partial charge in [0.15, 0.2) is 0 Å². The van der Waals surface area contributed by atoms with Crippen LogP contribution in [0.2, 0.25) is 0 Å². The van der Waals surface area contributed by atoms with E-state index in [4.69, 9.17) is 0 Å². The van der Waals surface area contributed by atoms with E-state index < -0.39 is 0 Å². The molecule has 0 aliphatic carbocycles. The Labute approximate surface area is 146 Å². The molecule has 1 aromatic carbocycles. The fourth-order valence-electron chi connectivity index (χ4n) is 3.57. The second-order valence-corrected chi connectivity index (χ2v) is 6.37. The van der Waals surface area contributed by atoms with E-state index in [1.807, 2.05) is 12.1 Å². The summed E-state index contributed by atoms with van der Waals surface area (Å²) in [6.45, 7) is 4.61. The van der Waals surface area contributed by atoms with Gasteiger partial charge in [-0.3, -0.25) is 4.90 Å². The molecule has 0 amide bonds. The smallest absolute Gasteiger partial charge is 0.216 e. The Bertz CT molecular complexity index is 774. The third-order valence-electron chi connectivity index (χ3n) is 4.91. The highest BCUT2D eigenvalue weighted by molar-refractivity contribution is 5.74. The molecule has 1 unspecified atom stereocenters. The lowest BCUT2D eigenvalue weighted by Gasteiger charge is -2.38. The van der Waals surface area contributed by atoms with Crippen LogP contribution >= 0.6 is 0 Å². The van der Waals surface area contributed by atoms with Crippen LogP contribution in [0.5, 0.6) is 0 Å². The lowest BCUT2D eigenvalue weighted by molar-refractivity contribution is 0.231. The van der Waals surface area contributed by atoms with Crippen LogP contribution in [0.1, 0.15) is 18.7 Å². The number of anilines is 2. The molecule has 25 heavy (non-hydrogen) atoms. The minimum Gasteiger partial charge on any atom is -0.369 e. The SMILES string of the molecule is N#CC(=CNc1ccc(N2CCN3CCCC3C2)cc1)c1nn[nH]n1. The average molecular weight is 336 g/mol. The van der Waals surface area contributed by atoms with Gasteiger partial charge in [0.25, 0.3) is 0 Å². The number of H-pyrrole nitrogens is 1. The van der Waals surface area contributed by atoms with E-state index in [9.17, 15) is 5.26 Å². The summed E-state index contributed by atoms with van der Waals surface area (Å²) in [4.78, 5) is 5.07. The van der Waals surface area contributed by atoms with Gasteiger partial charge in [-0.05, 0) is 48.9 Å². The molecule has 2 N–H and O–H groups in total. The summed E-state index contributed by atoms with van der Waals surface area (Å²) in [6, 6.07) is 11.1. The lowest BCUT2D eigenvalue weighted by Crippen LogP contribution is -2.50. The van der Waals surface area contributed by atoms with Crippen LogP contribution in [0.4, 0.5) is 11.4 Å². The molecular weight excluding hydrogens is 316 g/mol. The molecular formula is C17H20N8. The Kier molecular flexibility index (Phi) is 4.31. The Morgan fingerprint density at radius 3 is 2.92 bits per heavy atom. The summed E-state index contributed by atoms with van der Waals surface area (Å²) in [5, 5.41) is 25.7. The molecule has 1 atom stereocenters. The highest BCUT2D eigenvalue weighted by Crippen LogP contribution is 2.26. The fraction of sp³-hybridized carbons (Fsp3) is 0.412. The molecule has 0 saturated carbocycles. The highest BCUT2D eigenvalue weighted by Gasteiger charge is 2.30. The summed E-state index contributed by atoms with van der Waals surface area (Å²) >= 11 is 0. The van der Waals surface area contributed by atoms with Crippen LogP contribution in [0, 0.1) is 11.3 Å². The maximum absolute atomic E-state index is 9.17. The topological polar surface area (TPSA) is 96.8 Å². The zero-order valence-electron chi connectivity index (χ0n) is 13.9. The van der Waals surface area contributed by atoms with Gasteiger partial charge in [-0.25, -0.2) is 0 Å². The number of hydrogen-bond donors (Lipinski definition) is 2. The number of tetrazole rings is 1. The van der Waals surface area contributed by atoms with Crippen LogP contribution in [0.15, 0.2) is 30.5 Å². The van der Waals surface area contributed by atoms with Crippen molar-refractivity contribution in [2.45, 2.75) is 18.9 Å². The van der Waals surface area contributed by atoms with Gasteiger partial charge < -0.3 is 10.2 Å². The van der Waals surface area contributed by atoms with Gasteiger partial charge in [0.05, 0.1) is 0 Å². The second-order valence-electron chi connectivity index (χ2n) is 6.37. The van der Waals surface area contributed by atoms with E-state index in [-0.39, 0.29) is 5.82 Å². The number of nitriles is 1. The summed E-state index contributed by atoms with van der Waals surface area (Å²) in [7, 11) is 0. The van der Waals surface area contributed by atoms with Crippen LogP contribution in [-0.4, -0.2) is 57.7 Å². The largest absolute Gasteiger partial charge is 0.369 e. The predicted octanol–water partition coefficient (Wildman–Crippen LogP) is 1.46. The minimum absolute atomic E-state index is 0.279. The van der Waals surface area contributed by atoms with Gasteiger partial charge in [0.2, 0.25) is 5.82 Å². The van der Waals surface area contributed by atoms with Crippen LogP contribution in [0.25, 0.3) is 5.57 Å². The number of aromatic nitrogens is 4. The van der Waals surface area contributed by atoms with E-state index in [2.05, 4.69) is 53.9 Å². The van der Waals surface area contributed by atoms with E-state index >= 15 is 0 Å². The van der Waals surface area contributed by atoms with Crippen molar-refractivity contribution in [3.63, 3.8) is 0 Å². The first kappa shape index (κ1) is 15.6. The summed E-state index contributed by atoms with van der Waals surface area (Å²) < 4.78 is 0. The lowest BCUT2D eigenvalue weighted by atomic mass is 10.1. The first-order chi connectivity index (χ1) is 12.3. The van der Waals surface area contributed by atoms with Gasteiger partial charge in [-0.15, -0.1) is 10.2 Å². The Morgan fingerprint density at radius 2 is 2.16 bits per heavy atom. The van der Waals surface area contributed by atoms with Crippen molar-refractivity contribution in [3.05, 3.63) is 36.3 Å². The van der Waals surface area contributed by atoms with E-state index in [0.29, 0.717) is 11.6 Å². The third-order valence-corrected chi connectivity index (χ3v) is 4.91. The highest BCUT2D eigenvalue weighted by atomic mass is 15.5. The predicted molar refractivity (Wildman–Crippen MR) is 94.6 cm³/mol. The number of nitrogens with zero attached hydrogens (tertiary/aromatic N) is 6. The van der Waals surface area contributed by atoms with Crippen molar-refractivity contribution < 1.29 is 0 Å². The molecule has 3 heterocycles. The third kappa shape index (κ3) is 3.32. The zero-order chi connectivity index (χ0) is 17.1. The number of allylic oxidation sites excluding steroid dienone is 1. The van der Waals surface area contributed by atoms with Gasteiger partial charge in [-0.1, -0.05) is 0 Å². The second kappa shape index (κ2) is 6.91. The number of rotatable bonds is 4. The fourth-order valence-corrected chi connectivity index (χ4v) is 3.57. The molecule has 8 nitrogen and oxygen atoms in total. The summed E-state index contributed by atoms with van der Waals surface area (Å²) in [5.74, 6) is 0.279. The maximum atomic E-state index is 9.17. The molecule has 0 bridgehead atoms. The van der Waals surface area contributed by atoms with Gasteiger partial charge in [-0.2, -0.15) is 10.5 Å². The van der Waals surface area contributed by atoms with Crippen molar-refractivity contribution in [2.24, 2.45) is 0 Å². The number of benzene rings is 1. The van der Waals surface area contributed by atoms with Crippen LogP contribution in [-0.2, 0) is 0 Å². The van der Waals surface area contributed by atoms with Gasteiger partial charge >= 0.3 is 0 Å². The number of hydrogen-bond acceptors (Lipinski definition) is 7. The molecule has 4 rings (SSSR count). The zero-order valence-corrected chi connectivity index (χ0v) is 13.9. The van der Waals surface area contributed by atoms with Crippen molar-refractivity contribution in [2.75, 3.05) is 36.4 Å². The molecule has 2 fully saturated rings. The Hall–Kier alpha value is -2.92. The molecule has 1 aromatic heterocycles. The Morgan fingerprint density at radius 1 is 1.28 bits per heavy atom. The minimum atomic E-state index is 0.279. The van der Waals surface area contributed by atoms with Crippen LogP contribution < -0.4 is 10.2 Å². The van der Waals surface area contributed by atoms with Crippen molar-refractivity contribution in [3.8, 4) is 6.07 Å². The molecule has 0 spiro atoms. The number of fused-ring (bicyclic) bond motifs is 1. The van der Waals surface area contributed by atoms with Crippen molar-refractivity contribution in [1.82, 2.24) is 25.5 Å². The van der Waals surface area contributed by atoms with Gasteiger partial charge in [0.1, 0.15) is 11.6 Å². The molecule has 0 radical (unpaired) electrons. The first-order valence-electron chi connectivity index (χ1n) is 8.53. The molecule has 2 aromatic rings. The van der Waals surface area contributed by atoms with Gasteiger partial charge in [0, 0.05) is 43.3 Å². The normalized spacial score (nSPS) is 21.0. The summed E-state index contributed by atoms with van der Waals surface area (Å²) in [6.07, 6.45) is 4.24. The summed E-state index contributed by atoms with van der Waals surface area (Å²) in [5.41, 5.74) is 2.49. The number of nitrogens with one attached hydrogen (secondary N) is 2.